The van der Waals surface area contributed by atoms with Gasteiger partial charge in [-0.05, 0) is 109 Å². The molecular formula is C86H117LiN2O18. The summed E-state index contributed by atoms with van der Waals surface area (Å²) in [5.41, 5.74) is -0.401. The van der Waals surface area contributed by atoms with Crippen LogP contribution in [0.4, 0.5) is 11.4 Å². The van der Waals surface area contributed by atoms with Gasteiger partial charge >= 0.3 is 18.9 Å². The van der Waals surface area contributed by atoms with Crippen LogP contribution in [0.25, 0.3) is 11.1 Å². The van der Waals surface area contributed by atoms with Gasteiger partial charge in [-0.15, -0.1) is 0 Å². The van der Waals surface area contributed by atoms with Crippen molar-refractivity contribution in [1.29, 1.82) is 0 Å². The van der Waals surface area contributed by atoms with Crippen LogP contribution in [0.1, 0.15) is 167 Å². The van der Waals surface area contributed by atoms with Crippen molar-refractivity contribution in [3.05, 3.63) is 227 Å². The zero-order valence-electron chi connectivity index (χ0n) is 64.1. The van der Waals surface area contributed by atoms with E-state index in [2.05, 4.69) is 71.3 Å². The van der Waals surface area contributed by atoms with Crippen LogP contribution in [0.15, 0.2) is 182 Å². The first kappa shape index (κ1) is 94.2. The molecule has 2 fully saturated rings. The molecule has 8 N–H and O–H groups in total. The Morgan fingerprint density at radius 3 is 1.25 bits per heavy atom. The summed E-state index contributed by atoms with van der Waals surface area (Å²) in [5.74, 6) is 0.417. The third-order valence-electron chi connectivity index (χ3n) is 16.0. The number of phenols is 4. The fourth-order valence-electron chi connectivity index (χ4n) is 11.6. The van der Waals surface area contributed by atoms with Gasteiger partial charge in [-0.3, -0.25) is 24.0 Å². The maximum atomic E-state index is 12.9. The molecule has 5 unspecified atom stereocenters. The summed E-state index contributed by atoms with van der Waals surface area (Å²) in [4.78, 5) is 60.5. The second-order valence-corrected chi connectivity index (χ2v) is 28.6. The van der Waals surface area contributed by atoms with Gasteiger partial charge in [0.1, 0.15) is 23.0 Å². The number of nitrogens with zero attached hydrogens (tertiary/aromatic N) is 2. The number of carbonyl (C=O) groups excluding carboxylic acids is 1. The van der Waals surface area contributed by atoms with E-state index in [9.17, 15) is 54.6 Å². The standard InChI is InChI=1S/C24H32NO4.C16H20O4.C14H23NO2.C10H14O4.C10H6O3.C6H5.C4H8O.2CH4.Li/c1-14(2)12-25(13-15(3)4)17-10-18(26)21(19(27)11-17)22-23(28)20(24(22)29)16-8-6-5-7-9-16;1-10(2)19-13-14(17)16(18,15(13)20-11(3)4)12-8-6-5-7-9-12;1-10(2)8-15(9-11(3)4)12-5-13(16)7-14(17)6-12;1-5(2)13-9-7(11)8(12)10(9)14-6(3)4;11-8-7(9(12)10(8)13)6-4-2-1-3-5-6;1-2-4-6-5-3-1;1-2-4-5-3-1;;;/h5-11,14-15,20,22-24,26-28H,12-13H2,1-4H3;5-11,18H,1-4H3;5-7,10-11,16-17H,8-9H2,1-4H3;5-6H,1-4H3;1-5,11H;1-5H;1-4H2;2*1H4;/q-1;;;;;-1;;;;+1/p+1. The largest absolute Gasteiger partial charge is 1.00 e. The predicted molar refractivity (Wildman–Crippen MR) is 421 cm³/mol. The zero-order chi connectivity index (χ0) is 77.3. The topological polar surface area (TPSA) is 305 Å². The van der Waals surface area contributed by atoms with E-state index in [-0.39, 0.29) is 115 Å². The third-order valence-corrected chi connectivity index (χ3v) is 16.0. The van der Waals surface area contributed by atoms with E-state index in [4.69, 9.17) is 33.9 Å². The molecule has 5 atom stereocenters. The van der Waals surface area contributed by atoms with Crippen molar-refractivity contribution in [2.45, 2.75) is 193 Å². The Bertz CT molecular complexity index is 3940. The van der Waals surface area contributed by atoms with E-state index in [1.165, 1.54) is 18.9 Å². The van der Waals surface area contributed by atoms with Crippen molar-refractivity contribution < 1.29 is 88.2 Å². The molecule has 3 aliphatic rings. The molecule has 21 heteroatoms. The number of hydrogen-bond donors (Lipinski definition) is 6. The average Bonchev–Trinajstić information content (AvgIpc) is 0.835. The summed E-state index contributed by atoms with van der Waals surface area (Å²) >= 11 is 0. The minimum Gasteiger partial charge on any atom is -0.851 e. The van der Waals surface area contributed by atoms with Gasteiger partial charge in [0, 0.05) is 92.6 Å². The van der Waals surface area contributed by atoms with Crippen molar-refractivity contribution >= 4 is 17.2 Å². The molecule has 8 aromatic carbocycles. The van der Waals surface area contributed by atoms with Gasteiger partial charge < -0.3 is 74.3 Å². The Balaban J connectivity index is 0.000000445. The maximum Gasteiger partial charge on any atom is 1.00 e. The number of carbonyl (C=O) groups is 1. The number of Topliss-reactive ketones (excluding diaryl/α,β-unsaturated/α-hetero) is 1. The van der Waals surface area contributed by atoms with Crippen LogP contribution >= 0.6 is 0 Å². The van der Waals surface area contributed by atoms with Crippen LogP contribution in [-0.2, 0) is 24.6 Å². The van der Waals surface area contributed by atoms with Gasteiger partial charge in [0.15, 0.2) is 17.6 Å². The molecule has 1 saturated carbocycles. The summed E-state index contributed by atoms with van der Waals surface area (Å²) in [6, 6.07) is 47.3. The smallest absolute Gasteiger partial charge is 0.851 e. The van der Waals surface area contributed by atoms with Crippen LogP contribution in [0.3, 0.4) is 0 Å². The third kappa shape index (κ3) is 27.1. The average molecular weight is 1470 g/mol. The summed E-state index contributed by atoms with van der Waals surface area (Å²) < 4.78 is 26.4. The van der Waals surface area contributed by atoms with E-state index in [1.54, 1.807) is 107 Å². The second-order valence-electron chi connectivity index (χ2n) is 28.6. The summed E-state index contributed by atoms with van der Waals surface area (Å²) in [6.07, 6.45) is 0.231. The van der Waals surface area contributed by atoms with Crippen LogP contribution in [-0.4, -0.2) is 118 Å². The molecule has 0 aromatic heterocycles. The van der Waals surface area contributed by atoms with Gasteiger partial charge in [-0.25, -0.2) is 0 Å². The van der Waals surface area contributed by atoms with E-state index in [0.717, 1.165) is 56.3 Å². The van der Waals surface area contributed by atoms with E-state index in [1.807, 2.05) is 94.4 Å². The molecular weight excluding hydrogens is 1360 g/mol. The number of aliphatic hydroxyl groups is 1. The monoisotopic (exact) mass is 1470 g/mol. The maximum absolute atomic E-state index is 12.9. The first-order valence-corrected chi connectivity index (χ1v) is 35.7. The van der Waals surface area contributed by atoms with Gasteiger partial charge in [0.2, 0.25) is 34.1 Å². The molecule has 20 nitrogen and oxygen atoms in total. The molecule has 1 saturated heterocycles. The van der Waals surface area contributed by atoms with Gasteiger partial charge in [-0.2, -0.15) is 36.4 Å². The minimum atomic E-state index is -1.73. The number of hydrogen-bond acceptors (Lipinski definition) is 19. The Morgan fingerprint density at radius 1 is 0.514 bits per heavy atom. The normalized spacial score (nSPS) is 16.8. The van der Waals surface area contributed by atoms with Gasteiger partial charge in [0.05, 0.1) is 35.9 Å². The number of rotatable bonds is 22. The molecule has 11 rings (SSSR count). The molecule has 1 heterocycles. The van der Waals surface area contributed by atoms with E-state index >= 15 is 0 Å². The van der Waals surface area contributed by atoms with Crippen molar-refractivity contribution in [2.75, 3.05) is 49.2 Å². The molecule has 580 valence electrons. The fourth-order valence-corrected chi connectivity index (χ4v) is 11.6. The Hall–Kier alpha value is -8.87. The second kappa shape index (κ2) is 45.1. The molecule has 107 heavy (non-hydrogen) atoms. The summed E-state index contributed by atoms with van der Waals surface area (Å²) in [7, 11) is 0. The van der Waals surface area contributed by atoms with Crippen molar-refractivity contribution in [3.8, 4) is 51.4 Å². The van der Waals surface area contributed by atoms with Crippen LogP contribution < -0.4 is 65.0 Å². The molecule has 1 aliphatic heterocycles. The number of ether oxygens (including phenoxy) is 5. The molecule has 8 aromatic rings. The summed E-state index contributed by atoms with van der Waals surface area (Å²) in [6.45, 7) is 37.1. The minimum absolute atomic E-state index is 0. The number of anilines is 2. The van der Waals surface area contributed by atoms with E-state index < -0.39 is 62.9 Å². The Kier molecular flexibility index (Phi) is 39.7. The van der Waals surface area contributed by atoms with Gasteiger partial charge in [-0.1, -0.05) is 167 Å². The van der Waals surface area contributed by atoms with Crippen molar-refractivity contribution in [1.82, 2.24) is 0 Å². The molecule has 0 amide bonds. The van der Waals surface area contributed by atoms with Gasteiger partial charge in [0.25, 0.3) is 16.3 Å². The molecule has 0 radical (unpaired) electrons. The predicted octanol–water partition coefficient (Wildman–Crippen LogP) is 10.7. The quantitative estimate of drug-likeness (QED) is 0.0159. The SMILES string of the molecule is C.C.C1CCOC1.CC(C)CN(CC(C)C)c1cc(O)c(C2C([O-])C(c3ccccc3)C2[OH2+])c(O)c1.CC(C)CN(CC(C)C)c1cc(O)cc(O)c1.CC(C)OC1=C(OC(C)C)C(O)(c2ccccc2)C1=O.CC(C)Oc1c(OC(C)C)c(=O)c1=O.O=c1c(O)c(-c2ccccc2)c1=O.[Li+].[c-]1ccccc1. The van der Waals surface area contributed by atoms with Crippen LogP contribution in [0, 0.1) is 29.7 Å². The zero-order valence-corrected chi connectivity index (χ0v) is 64.1. The Labute approximate surface area is 645 Å². The first-order valence-electron chi connectivity index (χ1n) is 35.7. The summed E-state index contributed by atoms with van der Waals surface area (Å²) in [5, 5.41) is 81.7. The number of aromatic hydroxyl groups is 5. The first-order chi connectivity index (χ1) is 49.1. The van der Waals surface area contributed by atoms with Crippen LogP contribution in [0.2, 0.25) is 0 Å². The number of benzene rings is 6. The molecule has 2 aliphatic carbocycles. The van der Waals surface area contributed by atoms with Crippen molar-refractivity contribution in [3.63, 3.8) is 0 Å². The molecule has 0 bridgehead atoms. The van der Waals surface area contributed by atoms with Crippen molar-refractivity contribution in [2.24, 2.45) is 23.7 Å². The number of ketones is 1. The van der Waals surface area contributed by atoms with Crippen LogP contribution in [0.5, 0.6) is 40.2 Å². The van der Waals surface area contributed by atoms with E-state index in [0.29, 0.717) is 34.8 Å². The fraction of sp³-hybridized carbons (Fsp3) is 0.453. The molecule has 0 spiro atoms. The Morgan fingerprint density at radius 2 is 0.907 bits per heavy atom. The number of phenolic OH excluding ortho intramolecular Hbond substituents is 4.